The molecule has 0 amide bonds. The summed E-state index contributed by atoms with van der Waals surface area (Å²) in [6, 6.07) is 9.23. The van der Waals surface area contributed by atoms with Crippen LogP contribution in [0.2, 0.25) is 0 Å². The monoisotopic (exact) mass is 366 g/mol. The third-order valence-electron chi connectivity index (χ3n) is 3.35. The van der Waals surface area contributed by atoms with Gasteiger partial charge in [-0.3, -0.25) is 0 Å². The van der Waals surface area contributed by atoms with Gasteiger partial charge >= 0.3 is 0 Å². The minimum absolute atomic E-state index is 0.280. The van der Waals surface area contributed by atoms with Gasteiger partial charge in [-0.25, -0.2) is 8.78 Å². The first-order valence-corrected chi connectivity index (χ1v) is 8.06. The second-order valence-electron chi connectivity index (χ2n) is 5.01. The SMILES string of the molecule is Cc1cc(F)ccc1C(=COCCBr)c1ccc(F)cc1C. The molecule has 0 bridgehead atoms. The highest BCUT2D eigenvalue weighted by atomic mass is 79.9. The number of hydrogen-bond acceptors (Lipinski definition) is 1. The van der Waals surface area contributed by atoms with Gasteiger partial charge in [0.15, 0.2) is 0 Å². The Bertz CT molecular complexity index is 642. The maximum absolute atomic E-state index is 13.3. The summed E-state index contributed by atoms with van der Waals surface area (Å²) < 4.78 is 32.2. The third kappa shape index (κ3) is 3.95. The van der Waals surface area contributed by atoms with Crippen molar-refractivity contribution in [1.82, 2.24) is 0 Å². The van der Waals surface area contributed by atoms with Crippen molar-refractivity contribution in [2.24, 2.45) is 0 Å². The Hall–Kier alpha value is -1.68. The molecule has 0 aliphatic rings. The lowest BCUT2D eigenvalue weighted by Gasteiger charge is -2.14. The van der Waals surface area contributed by atoms with E-state index in [1.165, 1.54) is 24.3 Å². The van der Waals surface area contributed by atoms with Crippen LogP contribution in [0.3, 0.4) is 0 Å². The smallest absolute Gasteiger partial charge is 0.123 e. The molecule has 2 rings (SSSR count). The van der Waals surface area contributed by atoms with E-state index in [4.69, 9.17) is 4.74 Å². The summed E-state index contributed by atoms with van der Waals surface area (Å²) in [5.74, 6) is -0.560. The van der Waals surface area contributed by atoms with E-state index in [0.29, 0.717) is 11.9 Å². The minimum atomic E-state index is -0.280. The van der Waals surface area contributed by atoms with Crippen LogP contribution in [0.25, 0.3) is 5.57 Å². The van der Waals surface area contributed by atoms with Gasteiger partial charge in [0.2, 0.25) is 0 Å². The lowest BCUT2D eigenvalue weighted by Crippen LogP contribution is -1.98. The fraction of sp³-hybridized carbons (Fsp3) is 0.222. The zero-order valence-corrected chi connectivity index (χ0v) is 14.1. The Morgan fingerprint density at radius 3 is 1.91 bits per heavy atom. The number of hydrogen-bond donors (Lipinski definition) is 0. The van der Waals surface area contributed by atoms with Crippen molar-refractivity contribution in [3.05, 3.63) is 76.5 Å². The predicted octanol–water partition coefficient (Wildman–Crippen LogP) is 5.38. The first-order chi connectivity index (χ1) is 10.5. The lowest BCUT2D eigenvalue weighted by atomic mass is 9.92. The van der Waals surface area contributed by atoms with Crippen molar-refractivity contribution >= 4 is 21.5 Å². The van der Waals surface area contributed by atoms with Crippen molar-refractivity contribution in [3.8, 4) is 0 Å². The zero-order chi connectivity index (χ0) is 16.1. The Kier molecular flexibility index (Phi) is 5.72. The highest BCUT2D eigenvalue weighted by Crippen LogP contribution is 2.29. The molecule has 0 heterocycles. The molecular formula is C18H17BrF2O. The van der Waals surface area contributed by atoms with E-state index in [1.54, 1.807) is 18.4 Å². The summed E-state index contributed by atoms with van der Waals surface area (Å²) in [7, 11) is 0. The molecule has 0 N–H and O–H groups in total. The molecule has 2 aromatic rings. The second kappa shape index (κ2) is 7.54. The molecule has 0 aliphatic heterocycles. The van der Waals surface area contributed by atoms with Crippen LogP contribution in [0.1, 0.15) is 22.3 Å². The van der Waals surface area contributed by atoms with Crippen molar-refractivity contribution in [2.75, 3.05) is 11.9 Å². The van der Waals surface area contributed by atoms with Gasteiger partial charge in [0, 0.05) is 10.9 Å². The van der Waals surface area contributed by atoms with E-state index < -0.39 is 0 Å². The van der Waals surface area contributed by atoms with Crippen LogP contribution in [0.5, 0.6) is 0 Å². The molecule has 0 saturated carbocycles. The van der Waals surface area contributed by atoms with Crippen LogP contribution < -0.4 is 0 Å². The van der Waals surface area contributed by atoms with Gasteiger partial charge in [0.1, 0.15) is 11.6 Å². The fourth-order valence-corrected chi connectivity index (χ4v) is 2.50. The summed E-state index contributed by atoms with van der Waals surface area (Å²) in [4.78, 5) is 0. The maximum Gasteiger partial charge on any atom is 0.123 e. The molecule has 0 atom stereocenters. The normalized spacial score (nSPS) is 10.4. The molecule has 0 saturated heterocycles. The largest absolute Gasteiger partial charge is 0.500 e. The lowest BCUT2D eigenvalue weighted by molar-refractivity contribution is 0.275. The summed E-state index contributed by atoms with van der Waals surface area (Å²) >= 11 is 3.31. The Labute approximate surface area is 137 Å². The average molecular weight is 367 g/mol. The molecule has 1 nitrogen and oxygen atoms in total. The van der Waals surface area contributed by atoms with Gasteiger partial charge in [0.05, 0.1) is 12.9 Å². The highest BCUT2D eigenvalue weighted by Gasteiger charge is 2.12. The van der Waals surface area contributed by atoms with Gasteiger partial charge in [-0.15, -0.1) is 0 Å². The average Bonchev–Trinajstić information content (AvgIpc) is 2.45. The van der Waals surface area contributed by atoms with Crippen LogP contribution in [-0.2, 0) is 4.74 Å². The molecule has 22 heavy (non-hydrogen) atoms. The van der Waals surface area contributed by atoms with Crippen LogP contribution in [0, 0.1) is 25.5 Å². The van der Waals surface area contributed by atoms with Gasteiger partial charge < -0.3 is 4.74 Å². The molecule has 2 aromatic carbocycles. The molecule has 4 heteroatoms. The molecule has 0 radical (unpaired) electrons. The van der Waals surface area contributed by atoms with Crippen molar-refractivity contribution in [1.29, 1.82) is 0 Å². The highest BCUT2D eigenvalue weighted by molar-refractivity contribution is 9.09. The van der Waals surface area contributed by atoms with Crippen molar-refractivity contribution < 1.29 is 13.5 Å². The summed E-state index contributed by atoms with van der Waals surface area (Å²) in [6.45, 7) is 4.20. The van der Waals surface area contributed by atoms with Crippen molar-refractivity contribution in [2.45, 2.75) is 13.8 Å². The van der Waals surface area contributed by atoms with Gasteiger partial charge in [-0.05, 0) is 60.4 Å². The first kappa shape index (κ1) is 16.7. The maximum atomic E-state index is 13.3. The van der Waals surface area contributed by atoms with Gasteiger partial charge in [0.25, 0.3) is 0 Å². The molecule has 0 unspecified atom stereocenters. The van der Waals surface area contributed by atoms with Gasteiger partial charge in [-0.1, -0.05) is 28.1 Å². The summed E-state index contributed by atoms with van der Waals surface area (Å²) in [6.07, 6.45) is 1.65. The Morgan fingerprint density at radius 2 is 1.50 bits per heavy atom. The van der Waals surface area contributed by atoms with Gasteiger partial charge in [-0.2, -0.15) is 0 Å². The molecular weight excluding hydrogens is 350 g/mol. The van der Waals surface area contributed by atoms with Crippen LogP contribution in [-0.4, -0.2) is 11.9 Å². The van der Waals surface area contributed by atoms with Crippen molar-refractivity contribution in [3.63, 3.8) is 0 Å². The molecule has 0 aromatic heterocycles. The van der Waals surface area contributed by atoms with E-state index in [-0.39, 0.29) is 11.6 Å². The molecule has 0 aliphatic carbocycles. The van der Waals surface area contributed by atoms with E-state index in [1.807, 2.05) is 13.8 Å². The zero-order valence-electron chi connectivity index (χ0n) is 12.5. The number of rotatable bonds is 5. The summed E-state index contributed by atoms with van der Waals surface area (Å²) in [5.41, 5.74) is 4.15. The third-order valence-corrected chi connectivity index (χ3v) is 3.68. The number of benzene rings is 2. The topological polar surface area (TPSA) is 9.23 Å². The van der Waals surface area contributed by atoms with E-state index in [2.05, 4.69) is 15.9 Å². The van der Waals surface area contributed by atoms with Crippen LogP contribution in [0.4, 0.5) is 8.78 Å². The quantitative estimate of drug-likeness (QED) is 0.392. The number of halogens is 3. The van der Waals surface area contributed by atoms with E-state index in [9.17, 15) is 8.78 Å². The minimum Gasteiger partial charge on any atom is -0.500 e. The molecule has 116 valence electrons. The fourth-order valence-electron chi connectivity index (χ4n) is 2.32. The Balaban J connectivity index is 2.53. The van der Waals surface area contributed by atoms with E-state index in [0.717, 1.165) is 27.8 Å². The van der Waals surface area contributed by atoms with Crippen LogP contribution in [0.15, 0.2) is 42.7 Å². The predicted molar refractivity (Wildman–Crippen MR) is 89.1 cm³/mol. The number of aryl methyl sites for hydroxylation is 2. The second-order valence-corrected chi connectivity index (χ2v) is 5.80. The Morgan fingerprint density at radius 1 is 1.00 bits per heavy atom. The first-order valence-electron chi connectivity index (χ1n) is 6.93. The summed E-state index contributed by atoms with van der Waals surface area (Å²) in [5, 5.41) is 0.710. The van der Waals surface area contributed by atoms with E-state index >= 15 is 0 Å². The number of ether oxygens (including phenoxy) is 1. The van der Waals surface area contributed by atoms with Crippen LogP contribution >= 0.6 is 15.9 Å². The standard InChI is InChI=1S/C18H17BrF2O/c1-12-9-14(20)3-5-16(12)18(11-22-8-7-19)17-6-4-15(21)10-13(17)2/h3-6,9-11H,7-8H2,1-2H3. The molecule has 0 spiro atoms. The number of alkyl halides is 1. The molecule has 0 fully saturated rings.